The molecule has 0 aliphatic heterocycles. The molecule has 0 saturated heterocycles. The number of amides is 1. The summed E-state index contributed by atoms with van der Waals surface area (Å²) in [5.74, 6) is -0.0893. The minimum absolute atomic E-state index is 0.0893. The lowest BCUT2D eigenvalue weighted by molar-refractivity contribution is -0.115. The fraction of sp³-hybridized carbons (Fsp3) is 0.529. The Labute approximate surface area is 156 Å². The van der Waals surface area contributed by atoms with E-state index >= 15 is 0 Å². The zero-order chi connectivity index (χ0) is 17.8. The van der Waals surface area contributed by atoms with Gasteiger partial charge in [0.2, 0.25) is 11.1 Å². The number of hydrogen-bond acceptors (Lipinski definition) is 5. The van der Waals surface area contributed by atoms with E-state index in [2.05, 4.69) is 20.8 Å². The van der Waals surface area contributed by atoms with E-state index in [4.69, 9.17) is 11.6 Å². The molecule has 1 heterocycles. The van der Waals surface area contributed by atoms with E-state index < -0.39 is 0 Å². The van der Waals surface area contributed by atoms with Crippen LogP contribution < -0.4 is 5.32 Å². The van der Waals surface area contributed by atoms with E-state index in [0.717, 1.165) is 24.1 Å². The highest BCUT2D eigenvalue weighted by Crippen LogP contribution is 2.31. The molecule has 1 saturated carbocycles. The average Bonchev–Trinajstić information content (AvgIpc) is 3.07. The van der Waals surface area contributed by atoms with Crippen molar-refractivity contribution in [3.05, 3.63) is 28.8 Å². The molecule has 1 atom stereocenters. The first-order valence-electron chi connectivity index (χ1n) is 8.56. The maximum absolute atomic E-state index is 12.5. The Kier molecular flexibility index (Phi) is 5.96. The Bertz CT molecular complexity index is 744. The SMILES string of the molecule is Cc1ccc(Cl)cc1NC(=O)C(C)Sc1nnnn1C1CCCCC1. The second-order valence-corrected chi connectivity index (χ2v) is 8.15. The van der Waals surface area contributed by atoms with Gasteiger partial charge in [-0.25, -0.2) is 4.68 Å². The summed E-state index contributed by atoms with van der Waals surface area (Å²) < 4.78 is 1.89. The van der Waals surface area contributed by atoms with Crippen LogP contribution in [0.2, 0.25) is 5.02 Å². The number of aromatic nitrogens is 4. The van der Waals surface area contributed by atoms with Gasteiger partial charge in [0.15, 0.2) is 0 Å². The van der Waals surface area contributed by atoms with Crippen molar-refractivity contribution in [2.45, 2.75) is 62.4 Å². The van der Waals surface area contributed by atoms with Gasteiger partial charge in [-0.3, -0.25) is 4.79 Å². The molecule has 134 valence electrons. The fourth-order valence-corrected chi connectivity index (χ4v) is 4.02. The Hall–Kier alpha value is -1.60. The average molecular weight is 380 g/mol. The van der Waals surface area contributed by atoms with E-state index in [1.807, 2.05) is 30.7 Å². The number of benzene rings is 1. The largest absolute Gasteiger partial charge is 0.325 e. The first kappa shape index (κ1) is 18.2. The number of tetrazole rings is 1. The van der Waals surface area contributed by atoms with Gasteiger partial charge < -0.3 is 5.32 Å². The summed E-state index contributed by atoms with van der Waals surface area (Å²) in [5, 5.41) is 16.0. The van der Waals surface area contributed by atoms with Gasteiger partial charge in [0.25, 0.3) is 0 Å². The third-order valence-electron chi connectivity index (χ3n) is 4.49. The highest BCUT2D eigenvalue weighted by molar-refractivity contribution is 8.00. The summed E-state index contributed by atoms with van der Waals surface area (Å²) in [4.78, 5) is 12.5. The summed E-state index contributed by atoms with van der Waals surface area (Å²) in [6, 6.07) is 5.80. The molecule has 6 nitrogen and oxygen atoms in total. The number of thioether (sulfide) groups is 1. The Morgan fingerprint density at radius 1 is 1.36 bits per heavy atom. The molecule has 1 unspecified atom stereocenters. The number of carbonyl (C=O) groups excluding carboxylic acids is 1. The van der Waals surface area contributed by atoms with Crippen LogP contribution in [0, 0.1) is 6.92 Å². The second kappa shape index (κ2) is 8.19. The summed E-state index contributed by atoms with van der Waals surface area (Å²) >= 11 is 7.41. The number of halogens is 1. The quantitative estimate of drug-likeness (QED) is 0.786. The van der Waals surface area contributed by atoms with E-state index in [1.54, 1.807) is 6.07 Å². The van der Waals surface area contributed by atoms with E-state index in [-0.39, 0.29) is 11.2 Å². The van der Waals surface area contributed by atoms with Gasteiger partial charge in [-0.2, -0.15) is 0 Å². The van der Waals surface area contributed by atoms with E-state index in [0.29, 0.717) is 16.2 Å². The fourth-order valence-electron chi connectivity index (χ4n) is 2.99. The van der Waals surface area contributed by atoms with Crippen LogP contribution in [-0.2, 0) is 4.79 Å². The van der Waals surface area contributed by atoms with Crippen molar-refractivity contribution in [2.24, 2.45) is 0 Å². The summed E-state index contributed by atoms with van der Waals surface area (Å²) in [6.45, 7) is 3.80. The lowest BCUT2D eigenvalue weighted by atomic mass is 9.96. The van der Waals surface area contributed by atoms with Crippen molar-refractivity contribution in [3.8, 4) is 0 Å². The Morgan fingerprint density at radius 2 is 2.12 bits per heavy atom. The van der Waals surface area contributed by atoms with Crippen molar-refractivity contribution < 1.29 is 4.79 Å². The maximum Gasteiger partial charge on any atom is 0.237 e. The summed E-state index contributed by atoms with van der Waals surface area (Å²) in [5.41, 5.74) is 1.71. The zero-order valence-electron chi connectivity index (χ0n) is 14.4. The lowest BCUT2D eigenvalue weighted by Crippen LogP contribution is -2.24. The van der Waals surface area contributed by atoms with Gasteiger partial charge in [0.05, 0.1) is 11.3 Å². The van der Waals surface area contributed by atoms with E-state index in [9.17, 15) is 4.79 Å². The molecule has 2 aromatic rings. The normalized spacial score (nSPS) is 16.6. The molecular formula is C17H22ClN5OS. The van der Waals surface area contributed by atoms with Gasteiger partial charge >= 0.3 is 0 Å². The predicted octanol–water partition coefficient (Wildman–Crippen LogP) is 4.26. The highest BCUT2D eigenvalue weighted by Gasteiger charge is 2.24. The first-order valence-corrected chi connectivity index (χ1v) is 9.82. The molecule has 1 aromatic heterocycles. The number of hydrogen-bond donors (Lipinski definition) is 1. The van der Waals surface area contributed by atoms with Crippen molar-refractivity contribution in [1.82, 2.24) is 20.2 Å². The zero-order valence-corrected chi connectivity index (χ0v) is 16.0. The lowest BCUT2D eigenvalue weighted by Gasteiger charge is -2.22. The Balaban J connectivity index is 1.66. The standard InChI is InChI=1S/C17H22ClN5OS/c1-11-8-9-13(18)10-15(11)19-16(24)12(2)25-17-20-21-22-23(17)14-6-4-3-5-7-14/h8-10,12,14H,3-7H2,1-2H3,(H,19,24). The number of carbonyl (C=O) groups is 1. The molecular weight excluding hydrogens is 358 g/mol. The van der Waals surface area contributed by atoms with Gasteiger partial charge in [-0.15, -0.1) is 5.10 Å². The van der Waals surface area contributed by atoms with Crippen LogP contribution in [0.4, 0.5) is 5.69 Å². The molecule has 8 heteroatoms. The third kappa shape index (κ3) is 4.52. The molecule has 1 N–H and O–H groups in total. The predicted molar refractivity (Wildman–Crippen MR) is 100 cm³/mol. The van der Waals surface area contributed by atoms with Gasteiger partial charge in [0, 0.05) is 10.7 Å². The summed E-state index contributed by atoms with van der Waals surface area (Å²) in [7, 11) is 0. The minimum atomic E-state index is -0.313. The number of rotatable bonds is 5. The van der Waals surface area contributed by atoms with Gasteiger partial charge in [-0.1, -0.05) is 48.7 Å². The summed E-state index contributed by atoms with van der Waals surface area (Å²) in [6.07, 6.45) is 5.89. The Morgan fingerprint density at radius 3 is 2.88 bits per heavy atom. The number of nitrogens with one attached hydrogen (secondary N) is 1. The molecule has 0 spiro atoms. The van der Waals surface area contributed by atoms with Crippen LogP contribution in [0.1, 0.15) is 50.6 Å². The van der Waals surface area contributed by atoms with Crippen molar-refractivity contribution >= 4 is 35.0 Å². The molecule has 1 aromatic carbocycles. The van der Waals surface area contributed by atoms with Crippen LogP contribution in [0.5, 0.6) is 0 Å². The van der Waals surface area contributed by atoms with Crippen LogP contribution in [0.25, 0.3) is 0 Å². The molecule has 1 aliphatic rings. The maximum atomic E-state index is 12.5. The number of anilines is 1. The van der Waals surface area contributed by atoms with Crippen molar-refractivity contribution in [1.29, 1.82) is 0 Å². The molecule has 1 fully saturated rings. The third-order valence-corrected chi connectivity index (χ3v) is 5.77. The van der Waals surface area contributed by atoms with Crippen molar-refractivity contribution in [3.63, 3.8) is 0 Å². The highest BCUT2D eigenvalue weighted by atomic mass is 35.5. The number of nitrogens with zero attached hydrogens (tertiary/aromatic N) is 4. The van der Waals surface area contributed by atoms with Crippen molar-refractivity contribution in [2.75, 3.05) is 5.32 Å². The van der Waals surface area contributed by atoms with Crippen LogP contribution in [0.3, 0.4) is 0 Å². The van der Waals surface area contributed by atoms with Crippen LogP contribution >= 0.6 is 23.4 Å². The monoisotopic (exact) mass is 379 g/mol. The molecule has 1 aliphatic carbocycles. The molecule has 0 bridgehead atoms. The topological polar surface area (TPSA) is 72.7 Å². The molecule has 1 amide bonds. The smallest absolute Gasteiger partial charge is 0.237 e. The molecule has 3 rings (SSSR count). The van der Waals surface area contributed by atoms with Crippen LogP contribution in [0.15, 0.2) is 23.4 Å². The molecule has 0 radical (unpaired) electrons. The minimum Gasteiger partial charge on any atom is -0.325 e. The number of aryl methyl sites for hydroxylation is 1. The van der Waals surface area contributed by atoms with Gasteiger partial charge in [0.1, 0.15) is 0 Å². The second-order valence-electron chi connectivity index (χ2n) is 6.41. The van der Waals surface area contributed by atoms with Crippen LogP contribution in [-0.4, -0.2) is 31.4 Å². The van der Waals surface area contributed by atoms with Gasteiger partial charge in [-0.05, 0) is 54.8 Å². The first-order chi connectivity index (χ1) is 12.0. The molecule has 25 heavy (non-hydrogen) atoms. The van der Waals surface area contributed by atoms with E-state index in [1.165, 1.54) is 31.0 Å².